The zero-order valence-electron chi connectivity index (χ0n) is 14.5. The van der Waals surface area contributed by atoms with E-state index in [2.05, 4.69) is 6.92 Å². The summed E-state index contributed by atoms with van der Waals surface area (Å²) in [6.07, 6.45) is 3.01. The lowest BCUT2D eigenvalue weighted by molar-refractivity contribution is 0.304. The second-order valence-electron chi connectivity index (χ2n) is 6.18. The van der Waals surface area contributed by atoms with E-state index in [-0.39, 0.29) is 5.63 Å². The Kier molecular flexibility index (Phi) is 5.44. The third kappa shape index (κ3) is 4.05. The van der Waals surface area contributed by atoms with Crippen LogP contribution >= 0.6 is 11.6 Å². The molecule has 4 heteroatoms. The molecular weight excluding hydrogens is 336 g/mol. The molecule has 0 spiro atoms. The van der Waals surface area contributed by atoms with Crippen LogP contribution in [0.2, 0.25) is 5.02 Å². The Morgan fingerprint density at radius 3 is 2.76 bits per heavy atom. The van der Waals surface area contributed by atoms with Gasteiger partial charge in [0.25, 0.3) is 0 Å². The number of rotatable bonds is 6. The Morgan fingerprint density at radius 1 is 1.16 bits per heavy atom. The van der Waals surface area contributed by atoms with Gasteiger partial charge >= 0.3 is 5.63 Å². The molecule has 3 rings (SSSR count). The second kappa shape index (κ2) is 7.75. The van der Waals surface area contributed by atoms with E-state index in [1.807, 2.05) is 43.3 Å². The molecule has 0 bridgehead atoms. The Morgan fingerprint density at radius 2 is 2.00 bits per heavy atom. The fourth-order valence-corrected chi connectivity index (χ4v) is 3.14. The molecule has 1 aromatic heterocycles. The van der Waals surface area contributed by atoms with E-state index in [0.29, 0.717) is 23.0 Å². The van der Waals surface area contributed by atoms with Gasteiger partial charge in [0, 0.05) is 22.0 Å². The van der Waals surface area contributed by atoms with Crippen molar-refractivity contribution in [1.82, 2.24) is 0 Å². The summed E-state index contributed by atoms with van der Waals surface area (Å²) in [6, 6.07) is 13.1. The summed E-state index contributed by atoms with van der Waals surface area (Å²) in [6.45, 7) is 4.47. The number of halogens is 1. The summed E-state index contributed by atoms with van der Waals surface area (Å²) in [5.41, 5.74) is 3.17. The van der Waals surface area contributed by atoms with Crippen molar-refractivity contribution in [2.24, 2.45) is 0 Å². The number of benzene rings is 2. The standard InChI is InChI=1S/C21H21ClO3/c1-3-4-7-16-12-20(23)25-21-14(2)19(10-9-18(16)21)24-13-15-6-5-8-17(22)11-15/h5-6,8-12H,3-4,7,13H2,1-2H3. The van der Waals surface area contributed by atoms with Crippen LogP contribution in [0.4, 0.5) is 0 Å². The average molecular weight is 357 g/mol. The molecule has 0 N–H and O–H groups in total. The van der Waals surface area contributed by atoms with Crippen molar-refractivity contribution in [3.63, 3.8) is 0 Å². The molecule has 0 fully saturated rings. The minimum Gasteiger partial charge on any atom is -0.488 e. The van der Waals surface area contributed by atoms with Crippen LogP contribution in [0.25, 0.3) is 11.0 Å². The SMILES string of the molecule is CCCCc1cc(=O)oc2c(C)c(OCc3cccc(Cl)c3)ccc12. The van der Waals surface area contributed by atoms with Crippen molar-refractivity contribution >= 4 is 22.6 Å². The molecule has 0 saturated heterocycles. The molecule has 0 amide bonds. The van der Waals surface area contributed by atoms with Crippen molar-refractivity contribution in [2.75, 3.05) is 0 Å². The van der Waals surface area contributed by atoms with E-state index in [1.165, 1.54) is 0 Å². The average Bonchev–Trinajstić information content (AvgIpc) is 2.59. The smallest absolute Gasteiger partial charge is 0.336 e. The molecule has 3 aromatic rings. The van der Waals surface area contributed by atoms with Crippen LogP contribution in [0.3, 0.4) is 0 Å². The Hall–Kier alpha value is -2.26. The number of hydrogen-bond donors (Lipinski definition) is 0. The summed E-state index contributed by atoms with van der Waals surface area (Å²) >= 11 is 6.01. The Labute approximate surface area is 152 Å². The van der Waals surface area contributed by atoms with Crippen LogP contribution in [0.1, 0.15) is 36.5 Å². The van der Waals surface area contributed by atoms with E-state index in [1.54, 1.807) is 6.07 Å². The van der Waals surface area contributed by atoms with E-state index >= 15 is 0 Å². The topological polar surface area (TPSA) is 39.4 Å². The fourth-order valence-electron chi connectivity index (χ4n) is 2.93. The molecule has 0 unspecified atom stereocenters. The summed E-state index contributed by atoms with van der Waals surface area (Å²) in [5.74, 6) is 0.711. The Balaban J connectivity index is 1.92. The van der Waals surface area contributed by atoms with Crippen molar-refractivity contribution in [3.05, 3.63) is 74.6 Å². The molecule has 0 aliphatic carbocycles. The van der Waals surface area contributed by atoms with Gasteiger partial charge in [-0.25, -0.2) is 4.79 Å². The van der Waals surface area contributed by atoms with Gasteiger partial charge in [-0.15, -0.1) is 0 Å². The molecule has 0 atom stereocenters. The van der Waals surface area contributed by atoms with Gasteiger partial charge in [0.2, 0.25) is 0 Å². The van der Waals surface area contributed by atoms with Gasteiger partial charge in [0.15, 0.2) is 0 Å². The summed E-state index contributed by atoms with van der Waals surface area (Å²) < 4.78 is 11.4. The first-order valence-electron chi connectivity index (χ1n) is 8.52. The van der Waals surface area contributed by atoms with Gasteiger partial charge in [-0.1, -0.05) is 37.1 Å². The predicted octanol–water partition coefficient (Wildman–Crippen LogP) is 5.68. The van der Waals surface area contributed by atoms with Crippen molar-refractivity contribution in [1.29, 1.82) is 0 Å². The van der Waals surface area contributed by atoms with Gasteiger partial charge < -0.3 is 9.15 Å². The van der Waals surface area contributed by atoms with Crippen LogP contribution in [0.5, 0.6) is 5.75 Å². The van der Waals surface area contributed by atoms with Gasteiger partial charge in [0.1, 0.15) is 17.9 Å². The first-order chi connectivity index (χ1) is 12.1. The molecule has 1 heterocycles. The zero-order valence-corrected chi connectivity index (χ0v) is 15.2. The van der Waals surface area contributed by atoms with Crippen molar-refractivity contribution in [3.8, 4) is 5.75 Å². The van der Waals surface area contributed by atoms with E-state index in [9.17, 15) is 4.79 Å². The molecule has 0 saturated carbocycles. The summed E-state index contributed by atoms with van der Waals surface area (Å²) in [5, 5.41) is 1.67. The first-order valence-corrected chi connectivity index (χ1v) is 8.90. The maximum Gasteiger partial charge on any atom is 0.336 e. The third-order valence-electron chi connectivity index (χ3n) is 4.28. The lowest BCUT2D eigenvalue weighted by Gasteiger charge is -2.12. The maximum atomic E-state index is 11.9. The largest absolute Gasteiger partial charge is 0.488 e. The maximum absolute atomic E-state index is 11.9. The third-order valence-corrected chi connectivity index (χ3v) is 4.52. The molecule has 25 heavy (non-hydrogen) atoms. The number of fused-ring (bicyclic) bond motifs is 1. The predicted molar refractivity (Wildman–Crippen MR) is 102 cm³/mol. The van der Waals surface area contributed by atoms with E-state index in [0.717, 1.165) is 41.3 Å². The fraction of sp³-hybridized carbons (Fsp3) is 0.286. The zero-order chi connectivity index (χ0) is 17.8. The van der Waals surface area contributed by atoms with Gasteiger partial charge in [-0.05, 0) is 55.2 Å². The monoisotopic (exact) mass is 356 g/mol. The Bertz CT molecular complexity index is 944. The van der Waals surface area contributed by atoms with Crippen LogP contribution in [-0.4, -0.2) is 0 Å². The number of aryl methyl sites for hydroxylation is 2. The molecule has 0 radical (unpaired) electrons. The normalized spacial score (nSPS) is 11.0. The van der Waals surface area contributed by atoms with Gasteiger partial charge in [-0.3, -0.25) is 0 Å². The van der Waals surface area contributed by atoms with Crippen molar-refractivity contribution in [2.45, 2.75) is 39.7 Å². The molecule has 2 aromatic carbocycles. The van der Waals surface area contributed by atoms with Crippen LogP contribution in [0.15, 0.2) is 51.7 Å². The molecular formula is C21H21ClO3. The second-order valence-corrected chi connectivity index (χ2v) is 6.61. The molecule has 130 valence electrons. The number of ether oxygens (including phenoxy) is 1. The summed E-state index contributed by atoms with van der Waals surface area (Å²) in [4.78, 5) is 11.9. The number of hydrogen-bond acceptors (Lipinski definition) is 3. The highest BCUT2D eigenvalue weighted by Gasteiger charge is 2.12. The van der Waals surface area contributed by atoms with Crippen molar-refractivity contribution < 1.29 is 9.15 Å². The van der Waals surface area contributed by atoms with Gasteiger partial charge in [0.05, 0.1) is 0 Å². The highest BCUT2D eigenvalue weighted by Crippen LogP contribution is 2.29. The number of unbranched alkanes of at least 4 members (excludes halogenated alkanes) is 1. The minimum atomic E-state index is -0.311. The van der Waals surface area contributed by atoms with Crippen LogP contribution in [0, 0.1) is 6.92 Å². The quantitative estimate of drug-likeness (QED) is 0.533. The molecule has 0 aliphatic rings. The van der Waals surface area contributed by atoms with E-state index < -0.39 is 0 Å². The lowest BCUT2D eigenvalue weighted by atomic mass is 10.0. The van der Waals surface area contributed by atoms with Crippen LogP contribution in [-0.2, 0) is 13.0 Å². The molecule has 3 nitrogen and oxygen atoms in total. The highest BCUT2D eigenvalue weighted by atomic mass is 35.5. The van der Waals surface area contributed by atoms with Crippen LogP contribution < -0.4 is 10.4 Å². The highest BCUT2D eigenvalue weighted by molar-refractivity contribution is 6.30. The van der Waals surface area contributed by atoms with E-state index in [4.69, 9.17) is 20.8 Å². The molecule has 0 aliphatic heterocycles. The minimum absolute atomic E-state index is 0.311. The summed E-state index contributed by atoms with van der Waals surface area (Å²) in [7, 11) is 0. The lowest BCUT2D eigenvalue weighted by Crippen LogP contribution is -2.03. The first kappa shape index (κ1) is 17.6. The van der Waals surface area contributed by atoms with Gasteiger partial charge in [-0.2, -0.15) is 0 Å².